The molecule has 4 rings (SSSR count). The summed E-state index contributed by atoms with van der Waals surface area (Å²) in [6, 6.07) is 19.5. The van der Waals surface area contributed by atoms with E-state index in [0.717, 1.165) is 11.3 Å². The Kier molecular flexibility index (Phi) is 4.98. The van der Waals surface area contributed by atoms with Crippen molar-refractivity contribution in [1.29, 1.82) is 0 Å². The number of hydrogen-bond acceptors (Lipinski definition) is 6. The summed E-state index contributed by atoms with van der Waals surface area (Å²) >= 11 is 0. The van der Waals surface area contributed by atoms with Crippen LogP contribution >= 0.6 is 0 Å². The minimum Gasteiger partial charge on any atom is -0.459 e. The first-order valence-electron chi connectivity index (χ1n) is 8.63. The van der Waals surface area contributed by atoms with Gasteiger partial charge in [-0.25, -0.2) is 0 Å². The standard InChI is InChI=1S/C21H19N3O3/c1-15-6-2-3-7-17(15)13-25-14-22-18-9-4-8-16(12-18)20-23-24-21(27-20)19-10-5-11-26-19/h2-12,22H,13-14H2,1H3. The molecule has 0 spiro atoms. The lowest BCUT2D eigenvalue weighted by molar-refractivity contribution is 0.138. The second-order valence-corrected chi connectivity index (χ2v) is 6.07. The zero-order valence-corrected chi connectivity index (χ0v) is 14.9. The number of hydrogen-bond donors (Lipinski definition) is 1. The normalized spacial score (nSPS) is 10.9. The fourth-order valence-corrected chi connectivity index (χ4v) is 2.67. The SMILES string of the molecule is Cc1ccccc1COCNc1cccc(-c2nnc(-c3ccco3)o2)c1. The van der Waals surface area contributed by atoms with E-state index in [2.05, 4.69) is 34.6 Å². The largest absolute Gasteiger partial charge is 0.459 e. The Morgan fingerprint density at radius 1 is 0.963 bits per heavy atom. The van der Waals surface area contributed by atoms with Gasteiger partial charge in [0.2, 0.25) is 5.89 Å². The first-order valence-corrected chi connectivity index (χ1v) is 8.63. The van der Waals surface area contributed by atoms with E-state index in [1.807, 2.05) is 36.4 Å². The number of ether oxygens (including phenoxy) is 1. The Bertz CT molecular complexity index is 1010. The molecule has 0 atom stereocenters. The average molecular weight is 361 g/mol. The highest BCUT2D eigenvalue weighted by molar-refractivity contribution is 5.61. The third kappa shape index (κ3) is 4.07. The van der Waals surface area contributed by atoms with Gasteiger partial charge in [-0.3, -0.25) is 0 Å². The van der Waals surface area contributed by atoms with Crippen molar-refractivity contribution in [1.82, 2.24) is 10.2 Å². The van der Waals surface area contributed by atoms with Gasteiger partial charge >= 0.3 is 0 Å². The van der Waals surface area contributed by atoms with Crippen LogP contribution in [0.3, 0.4) is 0 Å². The van der Waals surface area contributed by atoms with Crippen LogP contribution in [-0.2, 0) is 11.3 Å². The number of aromatic nitrogens is 2. The van der Waals surface area contributed by atoms with Crippen molar-refractivity contribution in [2.45, 2.75) is 13.5 Å². The van der Waals surface area contributed by atoms with E-state index >= 15 is 0 Å². The van der Waals surface area contributed by atoms with Crippen LogP contribution in [0.25, 0.3) is 23.1 Å². The molecule has 136 valence electrons. The molecule has 0 bridgehead atoms. The molecule has 2 aromatic carbocycles. The third-order valence-corrected chi connectivity index (χ3v) is 4.16. The molecule has 2 heterocycles. The number of benzene rings is 2. The van der Waals surface area contributed by atoms with Gasteiger partial charge in [-0.15, -0.1) is 10.2 Å². The van der Waals surface area contributed by atoms with Crippen LogP contribution < -0.4 is 5.32 Å². The maximum atomic E-state index is 5.73. The maximum absolute atomic E-state index is 5.73. The highest BCUT2D eigenvalue weighted by Crippen LogP contribution is 2.25. The van der Waals surface area contributed by atoms with Crippen molar-refractivity contribution in [2.75, 3.05) is 12.0 Å². The molecule has 27 heavy (non-hydrogen) atoms. The Hall–Kier alpha value is -3.38. The first kappa shape index (κ1) is 17.1. The highest BCUT2D eigenvalue weighted by atomic mass is 16.5. The molecular formula is C21H19N3O3. The zero-order chi connectivity index (χ0) is 18.5. The van der Waals surface area contributed by atoms with Crippen LogP contribution in [0.4, 0.5) is 5.69 Å². The molecule has 2 aromatic heterocycles. The van der Waals surface area contributed by atoms with E-state index in [1.165, 1.54) is 11.1 Å². The number of aryl methyl sites for hydroxylation is 1. The predicted molar refractivity (Wildman–Crippen MR) is 102 cm³/mol. The average Bonchev–Trinajstić information content (AvgIpc) is 3.38. The van der Waals surface area contributed by atoms with E-state index < -0.39 is 0 Å². The fraction of sp³-hybridized carbons (Fsp3) is 0.143. The lowest BCUT2D eigenvalue weighted by Gasteiger charge is -2.10. The van der Waals surface area contributed by atoms with Gasteiger partial charge in [0.05, 0.1) is 12.9 Å². The quantitative estimate of drug-likeness (QED) is 0.373. The van der Waals surface area contributed by atoms with E-state index in [1.54, 1.807) is 18.4 Å². The van der Waals surface area contributed by atoms with Crippen molar-refractivity contribution < 1.29 is 13.6 Å². The first-order chi connectivity index (χ1) is 13.3. The van der Waals surface area contributed by atoms with Crippen LogP contribution in [0.15, 0.2) is 75.8 Å². The van der Waals surface area contributed by atoms with Crippen molar-refractivity contribution >= 4 is 5.69 Å². The maximum Gasteiger partial charge on any atom is 0.283 e. The molecule has 6 heteroatoms. The molecule has 6 nitrogen and oxygen atoms in total. The Morgan fingerprint density at radius 2 is 1.85 bits per heavy atom. The van der Waals surface area contributed by atoms with Gasteiger partial charge in [-0.05, 0) is 48.4 Å². The van der Waals surface area contributed by atoms with Crippen molar-refractivity contribution in [3.05, 3.63) is 78.1 Å². The van der Waals surface area contributed by atoms with Crippen LogP contribution in [0, 0.1) is 6.92 Å². The van der Waals surface area contributed by atoms with E-state index in [-0.39, 0.29) is 0 Å². The zero-order valence-electron chi connectivity index (χ0n) is 14.9. The van der Waals surface area contributed by atoms with Crippen LogP contribution in [0.2, 0.25) is 0 Å². The summed E-state index contributed by atoms with van der Waals surface area (Å²) in [5, 5.41) is 11.4. The molecule has 0 fully saturated rings. The van der Waals surface area contributed by atoms with Gasteiger partial charge in [-0.1, -0.05) is 30.3 Å². The van der Waals surface area contributed by atoms with E-state index in [0.29, 0.717) is 30.9 Å². The van der Waals surface area contributed by atoms with Crippen molar-refractivity contribution in [3.8, 4) is 23.1 Å². The van der Waals surface area contributed by atoms with Crippen LogP contribution in [-0.4, -0.2) is 16.9 Å². The van der Waals surface area contributed by atoms with Gasteiger partial charge in [-0.2, -0.15) is 0 Å². The van der Waals surface area contributed by atoms with Crippen LogP contribution in [0.1, 0.15) is 11.1 Å². The number of furan rings is 1. The van der Waals surface area contributed by atoms with E-state index in [9.17, 15) is 0 Å². The molecule has 0 radical (unpaired) electrons. The van der Waals surface area contributed by atoms with Gasteiger partial charge in [0.25, 0.3) is 5.89 Å². The summed E-state index contributed by atoms with van der Waals surface area (Å²) in [5.74, 6) is 1.34. The number of nitrogens with one attached hydrogen (secondary N) is 1. The highest BCUT2D eigenvalue weighted by Gasteiger charge is 2.12. The Balaban J connectivity index is 1.37. The smallest absolute Gasteiger partial charge is 0.283 e. The summed E-state index contributed by atoms with van der Waals surface area (Å²) < 4.78 is 16.7. The molecule has 0 amide bonds. The summed E-state index contributed by atoms with van der Waals surface area (Å²) in [6.07, 6.45) is 1.57. The minimum absolute atomic E-state index is 0.356. The summed E-state index contributed by atoms with van der Waals surface area (Å²) in [4.78, 5) is 0. The van der Waals surface area contributed by atoms with Crippen molar-refractivity contribution in [2.24, 2.45) is 0 Å². The van der Waals surface area contributed by atoms with Crippen LogP contribution in [0.5, 0.6) is 0 Å². The molecule has 1 N–H and O–H groups in total. The summed E-state index contributed by atoms with van der Waals surface area (Å²) in [6.45, 7) is 3.05. The topological polar surface area (TPSA) is 73.3 Å². The summed E-state index contributed by atoms with van der Waals surface area (Å²) in [7, 11) is 0. The second-order valence-electron chi connectivity index (χ2n) is 6.07. The molecule has 0 saturated heterocycles. The predicted octanol–water partition coefficient (Wildman–Crippen LogP) is 4.89. The molecule has 0 unspecified atom stereocenters. The second kappa shape index (κ2) is 7.88. The molecule has 0 aliphatic carbocycles. The van der Waals surface area contributed by atoms with Gasteiger partial charge in [0, 0.05) is 11.3 Å². The third-order valence-electron chi connectivity index (χ3n) is 4.16. The molecule has 0 aliphatic rings. The van der Waals surface area contributed by atoms with Crippen molar-refractivity contribution in [3.63, 3.8) is 0 Å². The van der Waals surface area contributed by atoms with Gasteiger partial charge < -0.3 is 18.9 Å². The number of rotatable bonds is 7. The van der Waals surface area contributed by atoms with E-state index in [4.69, 9.17) is 13.6 Å². The lowest BCUT2D eigenvalue weighted by Crippen LogP contribution is -2.06. The number of anilines is 1. The Labute approximate surface area is 156 Å². The summed E-state index contributed by atoms with van der Waals surface area (Å²) in [5.41, 5.74) is 4.15. The fourth-order valence-electron chi connectivity index (χ4n) is 2.67. The minimum atomic E-state index is 0.356. The van der Waals surface area contributed by atoms with Gasteiger partial charge in [0.15, 0.2) is 5.76 Å². The van der Waals surface area contributed by atoms with Gasteiger partial charge in [0.1, 0.15) is 6.73 Å². The Morgan fingerprint density at radius 3 is 2.70 bits per heavy atom. The number of nitrogens with zero attached hydrogens (tertiary/aromatic N) is 2. The molecule has 0 saturated carbocycles. The lowest BCUT2D eigenvalue weighted by atomic mass is 10.1. The molecular weight excluding hydrogens is 342 g/mol. The molecule has 4 aromatic rings. The monoisotopic (exact) mass is 361 g/mol. The molecule has 0 aliphatic heterocycles.